The number of halogens is 2. The molecule has 148 valence electrons. The van der Waals surface area contributed by atoms with Crippen LogP contribution in [0, 0.1) is 11.6 Å². The summed E-state index contributed by atoms with van der Waals surface area (Å²) in [5.74, 6) is -2.75. The van der Waals surface area contributed by atoms with Gasteiger partial charge in [0.2, 0.25) is 0 Å². The summed E-state index contributed by atoms with van der Waals surface area (Å²) in [6, 6.07) is 4.53. The van der Waals surface area contributed by atoms with Crippen LogP contribution in [0.25, 0.3) is 22.3 Å². The molecule has 8 heteroatoms. The molecule has 3 aromatic rings. The molecule has 0 atom stereocenters. The summed E-state index contributed by atoms with van der Waals surface area (Å²) in [6.07, 6.45) is 1.44. The highest BCUT2D eigenvalue weighted by atomic mass is 32.2. The zero-order valence-corrected chi connectivity index (χ0v) is 17.0. The van der Waals surface area contributed by atoms with E-state index in [4.69, 9.17) is 0 Å². The molecule has 0 radical (unpaired) electrons. The van der Waals surface area contributed by atoms with Gasteiger partial charge in [-0.3, -0.25) is 4.79 Å². The first-order chi connectivity index (χ1) is 12.9. The molecule has 2 N–H and O–H groups in total. The maximum Gasteiger partial charge on any atom is 0.319 e. The molecule has 0 aliphatic heterocycles. The van der Waals surface area contributed by atoms with Gasteiger partial charge in [-0.15, -0.1) is 11.8 Å². The van der Waals surface area contributed by atoms with E-state index in [1.54, 1.807) is 6.07 Å². The first kappa shape index (κ1) is 20.3. The number of aromatic nitrogens is 3. The van der Waals surface area contributed by atoms with Gasteiger partial charge in [0.25, 0.3) is 0 Å². The fraction of sp³-hybridized carbons (Fsp3) is 0.350. The smallest absolute Gasteiger partial charge is 0.319 e. The Labute approximate surface area is 165 Å². The number of fused-ring (bicyclic) bond motifs is 1. The van der Waals surface area contributed by atoms with Gasteiger partial charge in [0.05, 0.1) is 21.8 Å². The van der Waals surface area contributed by atoms with Gasteiger partial charge in [-0.25, -0.2) is 18.7 Å². The van der Waals surface area contributed by atoms with Gasteiger partial charge >= 0.3 is 5.97 Å². The number of rotatable bonds is 4. The zero-order chi connectivity index (χ0) is 20.9. The molecule has 1 aromatic carbocycles. The summed E-state index contributed by atoms with van der Waals surface area (Å²) in [7, 11) is 0. The van der Waals surface area contributed by atoms with Crippen LogP contribution in [0.15, 0.2) is 29.4 Å². The van der Waals surface area contributed by atoms with E-state index in [2.05, 4.69) is 15.0 Å². The van der Waals surface area contributed by atoms with Crippen LogP contribution in [-0.4, -0.2) is 30.8 Å². The predicted molar refractivity (Wildman–Crippen MR) is 106 cm³/mol. The molecule has 3 rings (SSSR count). The van der Waals surface area contributed by atoms with Gasteiger partial charge in [0.15, 0.2) is 0 Å². The molecule has 0 saturated heterocycles. The van der Waals surface area contributed by atoms with Crippen LogP contribution in [0.2, 0.25) is 0 Å². The van der Waals surface area contributed by atoms with E-state index in [9.17, 15) is 14.3 Å². The topological polar surface area (TPSA) is 78.9 Å². The number of carbonyl (C=O) groups is 1. The fourth-order valence-electron chi connectivity index (χ4n) is 2.63. The van der Waals surface area contributed by atoms with Crippen LogP contribution in [0.1, 0.15) is 40.3 Å². The zero-order valence-electron chi connectivity index (χ0n) is 16.2. The molecule has 5 nitrogen and oxygen atoms in total. The summed E-state index contributed by atoms with van der Waals surface area (Å²) in [6.45, 7) is 8.87. The van der Waals surface area contributed by atoms with Crippen molar-refractivity contribution in [2.45, 2.75) is 49.7 Å². The van der Waals surface area contributed by atoms with Crippen LogP contribution >= 0.6 is 11.8 Å². The monoisotopic (exact) mass is 405 g/mol. The quantitative estimate of drug-likeness (QED) is 0.587. The molecule has 0 fully saturated rings. The van der Waals surface area contributed by atoms with Gasteiger partial charge in [-0.1, -0.05) is 20.8 Å². The second-order valence-corrected chi connectivity index (χ2v) is 9.73. The molecule has 2 heterocycles. The maximum atomic E-state index is 15.0. The minimum atomic E-state index is -1.37. The van der Waals surface area contributed by atoms with Crippen LogP contribution in [-0.2, 0) is 10.2 Å². The summed E-state index contributed by atoms with van der Waals surface area (Å²) in [5, 5.41) is 9.43. The normalized spacial score (nSPS) is 12.5. The largest absolute Gasteiger partial charge is 0.480 e. The number of hydrogen-bond acceptors (Lipinski definition) is 4. The molecule has 2 aromatic heterocycles. The second kappa shape index (κ2) is 6.84. The van der Waals surface area contributed by atoms with Crippen molar-refractivity contribution < 1.29 is 18.7 Å². The van der Waals surface area contributed by atoms with Gasteiger partial charge < -0.3 is 10.1 Å². The maximum absolute atomic E-state index is 15.0. The third kappa shape index (κ3) is 3.73. The minimum absolute atomic E-state index is 0.177. The molecule has 0 aliphatic carbocycles. The Morgan fingerprint density at radius 3 is 2.39 bits per heavy atom. The Kier molecular flexibility index (Phi) is 4.95. The first-order valence-electron chi connectivity index (χ1n) is 8.66. The Morgan fingerprint density at radius 2 is 1.79 bits per heavy atom. The third-order valence-electron chi connectivity index (χ3n) is 4.36. The summed E-state index contributed by atoms with van der Waals surface area (Å²) < 4.78 is 28.1. The van der Waals surface area contributed by atoms with E-state index in [0.29, 0.717) is 23.1 Å². The molecule has 0 amide bonds. The highest BCUT2D eigenvalue weighted by Gasteiger charge is 2.32. The lowest BCUT2D eigenvalue weighted by molar-refractivity contribution is -0.138. The first-order valence-corrected chi connectivity index (χ1v) is 9.48. The fourth-order valence-corrected chi connectivity index (χ4v) is 3.58. The second-order valence-electron chi connectivity index (χ2n) is 8.10. The van der Waals surface area contributed by atoms with Crippen molar-refractivity contribution >= 4 is 28.6 Å². The SMILES string of the molecule is CC(C)(Sc1c(F)cc2[nH]c(-c3cc(C(C)(C)C)ncn3)cc2c1F)C(=O)O. The average molecular weight is 405 g/mol. The molecule has 0 bridgehead atoms. The van der Waals surface area contributed by atoms with E-state index >= 15 is 4.39 Å². The number of carboxylic acid groups (broad SMARTS) is 1. The van der Waals surface area contributed by atoms with Crippen molar-refractivity contribution in [1.82, 2.24) is 15.0 Å². The lowest BCUT2D eigenvalue weighted by Crippen LogP contribution is -2.27. The number of benzene rings is 1. The van der Waals surface area contributed by atoms with Gasteiger partial charge in [-0.05, 0) is 32.0 Å². The number of nitrogens with one attached hydrogen (secondary N) is 1. The lowest BCUT2D eigenvalue weighted by Gasteiger charge is -2.19. The number of hydrogen-bond donors (Lipinski definition) is 2. The number of thioether (sulfide) groups is 1. The van der Waals surface area contributed by atoms with Crippen LogP contribution in [0.5, 0.6) is 0 Å². The van der Waals surface area contributed by atoms with Crippen molar-refractivity contribution in [1.29, 1.82) is 0 Å². The number of aliphatic carboxylic acids is 1. The molecular weight excluding hydrogens is 384 g/mol. The Bertz CT molecular complexity index is 1070. The third-order valence-corrected chi connectivity index (χ3v) is 5.62. The molecule has 0 aliphatic rings. The summed E-state index contributed by atoms with van der Waals surface area (Å²) >= 11 is 0.644. The van der Waals surface area contributed by atoms with Crippen molar-refractivity contribution in [3.05, 3.63) is 41.9 Å². The molecule has 0 unspecified atom stereocenters. The summed E-state index contributed by atoms with van der Waals surface area (Å²) in [5.41, 5.74) is 2.00. The number of H-pyrrole nitrogens is 1. The summed E-state index contributed by atoms with van der Waals surface area (Å²) in [4.78, 5) is 22.5. The van der Waals surface area contributed by atoms with E-state index in [1.807, 2.05) is 26.8 Å². The van der Waals surface area contributed by atoms with E-state index in [0.717, 1.165) is 5.69 Å². The van der Waals surface area contributed by atoms with Gasteiger partial charge in [-0.2, -0.15) is 0 Å². The number of aromatic amines is 1. The predicted octanol–water partition coefficient (Wildman–Crippen LogP) is 5.16. The van der Waals surface area contributed by atoms with Gasteiger partial charge in [0, 0.05) is 16.5 Å². The van der Waals surface area contributed by atoms with Crippen molar-refractivity contribution in [2.75, 3.05) is 0 Å². The van der Waals surface area contributed by atoms with Crippen LogP contribution in [0.3, 0.4) is 0 Å². The standard InChI is InChI=1S/C20H21F2N3O2S/c1-19(2,3)15-8-13(23-9-24-15)14-6-10-12(25-14)7-11(21)17(16(10)22)28-20(4,5)18(26)27/h6-9,25H,1-5H3,(H,26,27). The van der Waals surface area contributed by atoms with Crippen molar-refractivity contribution in [3.8, 4) is 11.4 Å². The van der Waals surface area contributed by atoms with E-state index < -0.39 is 22.4 Å². The minimum Gasteiger partial charge on any atom is -0.480 e. The molecule has 28 heavy (non-hydrogen) atoms. The van der Waals surface area contributed by atoms with E-state index in [-0.39, 0.29) is 21.2 Å². The van der Waals surface area contributed by atoms with Crippen LogP contribution in [0.4, 0.5) is 8.78 Å². The highest BCUT2D eigenvalue weighted by molar-refractivity contribution is 8.01. The highest BCUT2D eigenvalue weighted by Crippen LogP contribution is 2.39. The van der Waals surface area contributed by atoms with Crippen molar-refractivity contribution in [3.63, 3.8) is 0 Å². The number of carboxylic acids is 1. The molecule has 0 saturated carbocycles. The van der Waals surface area contributed by atoms with Gasteiger partial charge in [0.1, 0.15) is 22.7 Å². The van der Waals surface area contributed by atoms with E-state index in [1.165, 1.54) is 26.2 Å². The molecule has 0 spiro atoms. The van der Waals surface area contributed by atoms with Crippen LogP contribution < -0.4 is 0 Å². The lowest BCUT2D eigenvalue weighted by atomic mass is 9.91. The average Bonchev–Trinajstić information content (AvgIpc) is 3.02. The Hall–Kier alpha value is -2.48. The van der Waals surface area contributed by atoms with Crippen molar-refractivity contribution in [2.24, 2.45) is 0 Å². The Balaban J connectivity index is 2.10. The number of nitrogens with zero attached hydrogens (tertiary/aromatic N) is 2. The molecular formula is C20H21F2N3O2S. The Morgan fingerprint density at radius 1 is 1.11 bits per heavy atom.